The third-order valence-electron chi connectivity index (χ3n) is 3.91. The van der Waals surface area contributed by atoms with Gasteiger partial charge in [0.15, 0.2) is 0 Å². The zero-order valence-corrected chi connectivity index (χ0v) is 13.1. The van der Waals surface area contributed by atoms with Crippen molar-refractivity contribution in [2.45, 2.75) is 65.2 Å². The lowest BCUT2D eigenvalue weighted by molar-refractivity contribution is 0.538. The molecular formula is C19H29F. The normalized spacial score (nSPS) is 24.2. The minimum absolute atomic E-state index is 0.365. The van der Waals surface area contributed by atoms with Gasteiger partial charge < -0.3 is 0 Å². The van der Waals surface area contributed by atoms with Crippen LogP contribution < -0.4 is 0 Å². The van der Waals surface area contributed by atoms with Gasteiger partial charge in [0.25, 0.3) is 0 Å². The van der Waals surface area contributed by atoms with Crippen LogP contribution in [0, 0.1) is 0 Å². The molecule has 0 amide bonds. The van der Waals surface area contributed by atoms with E-state index in [1.54, 1.807) is 0 Å². The van der Waals surface area contributed by atoms with Crippen molar-refractivity contribution in [1.82, 2.24) is 0 Å². The second-order valence-corrected chi connectivity index (χ2v) is 5.58. The Kier molecular flexibility index (Phi) is 9.02. The monoisotopic (exact) mass is 276 g/mol. The average molecular weight is 276 g/mol. The van der Waals surface area contributed by atoms with E-state index in [0.717, 1.165) is 24.0 Å². The number of hydrogen-bond donors (Lipinski definition) is 0. The van der Waals surface area contributed by atoms with Crippen LogP contribution in [0.15, 0.2) is 47.1 Å². The third kappa shape index (κ3) is 6.36. The second kappa shape index (κ2) is 10.7. The van der Waals surface area contributed by atoms with Gasteiger partial charge in [0.05, 0.1) is 0 Å². The fraction of sp³-hybridized carbons (Fsp3) is 0.579. The van der Waals surface area contributed by atoms with Crippen LogP contribution in [-0.4, -0.2) is 6.67 Å². The molecule has 20 heavy (non-hydrogen) atoms. The van der Waals surface area contributed by atoms with Crippen molar-refractivity contribution < 1.29 is 4.39 Å². The summed E-state index contributed by atoms with van der Waals surface area (Å²) in [5, 5.41) is 0. The Hall–Kier alpha value is -1.11. The Labute approximate surface area is 124 Å². The van der Waals surface area contributed by atoms with E-state index in [0.29, 0.717) is 0 Å². The Bertz CT molecular complexity index is 383. The summed E-state index contributed by atoms with van der Waals surface area (Å²) in [5.41, 5.74) is 3.12. The van der Waals surface area contributed by atoms with E-state index in [4.69, 9.17) is 0 Å². The lowest BCUT2D eigenvalue weighted by Gasteiger charge is -2.12. The van der Waals surface area contributed by atoms with Crippen molar-refractivity contribution in [2.24, 2.45) is 0 Å². The first-order valence-electron chi connectivity index (χ1n) is 8.04. The molecule has 0 fully saturated rings. The van der Waals surface area contributed by atoms with Crippen molar-refractivity contribution in [3.63, 3.8) is 0 Å². The zero-order valence-electron chi connectivity index (χ0n) is 13.1. The van der Waals surface area contributed by atoms with E-state index in [2.05, 4.69) is 18.2 Å². The molecule has 1 aliphatic carbocycles. The highest BCUT2D eigenvalue weighted by molar-refractivity contribution is 5.41. The Morgan fingerprint density at radius 1 is 1.15 bits per heavy atom. The quantitative estimate of drug-likeness (QED) is 0.518. The molecule has 1 aliphatic rings. The highest BCUT2D eigenvalue weighted by atomic mass is 19.1. The molecule has 0 saturated carbocycles. The summed E-state index contributed by atoms with van der Waals surface area (Å²) in [6.45, 7) is 3.63. The molecule has 0 radical (unpaired) electrons. The first kappa shape index (κ1) is 16.9. The van der Waals surface area contributed by atoms with Gasteiger partial charge in [0.2, 0.25) is 0 Å². The van der Waals surface area contributed by atoms with Crippen molar-refractivity contribution in [1.29, 1.82) is 0 Å². The minimum Gasteiger partial charge on any atom is -0.246 e. The summed E-state index contributed by atoms with van der Waals surface area (Å²) in [4.78, 5) is 0. The molecule has 0 aromatic rings. The van der Waals surface area contributed by atoms with Gasteiger partial charge in [-0.1, -0.05) is 56.1 Å². The zero-order chi connectivity index (χ0) is 14.6. The fourth-order valence-electron chi connectivity index (χ4n) is 2.70. The summed E-state index contributed by atoms with van der Waals surface area (Å²) < 4.78 is 13.4. The van der Waals surface area contributed by atoms with Crippen LogP contribution in [0.1, 0.15) is 65.2 Å². The molecule has 0 bridgehead atoms. The van der Waals surface area contributed by atoms with E-state index >= 15 is 0 Å². The highest BCUT2D eigenvalue weighted by Crippen LogP contribution is 2.23. The molecule has 0 unspecified atom stereocenters. The maximum atomic E-state index is 13.4. The molecule has 0 heterocycles. The molecular weight excluding hydrogens is 247 g/mol. The van der Waals surface area contributed by atoms with Crippen LogP contribution in [0.3, 0.4) is 0 Å². The van der Waals surface area contributed by atoms with Crippen LogP contribution in [-0.2, 0) is 0 Å². The van der Waals surface area contributed by atoms with Gasteiger partial charge in [-0.15, -0.1) is 0 Å². The van der Waals surface area contributed by atoms with Gasteiger partial charge in [0.1, 0.15) is 6.67 Å². The maximum absolute atomic E-state index is 13.4. The summed E-state index contributed by atoms with van der Waals surface area (Å²) in [6, 6.07) is 0. The Balaban J connectivity index is 2.90. The van der Waals surface area contributed by atoms with Gasteiger partial charge in [-0.05, 0) is 56.3 Å². The molecule has 0 aliphatic heterocycles. The van der Waals surface area contributed by atoms with E-state index < -0.39 is 0 Å². The van der Waals surface area contributed by atoms with Crippen LogP contribution in [0.5, 0.6) is 0 Å². The topological polar surface area (TPSA) is 0 Å². The number of hydrogen-bond acceptors (Lipinski definition) is 0. The van der Waals surface area contributed by atoms with Crippen molar-refractivity contribution in [3.05, 3.63) is 47.1 Å². The number of rotatable bonds is 3. The molecule has 0 atom stereocenters. The summed E-state index contributed by atoms with van der Waals surface area (Å²) in [5.74, 6) is 0. The van der Waals surface area contributed by atoms with E-state index in [1.807, 2.05) is 26.0 Å². The molecule has 1 heteroatoms. The van der Waals surface area contributed by atoms with E-state index in [-0.39, 0.29) is 6.67 Å². The van der Waals surface area contributed by atoms with Crippen molar-refractivity contribution >= 4 is 0 Å². The van der Waals surface area contributed by atoms with Gasteiger partial charge in [-0.2, -0.15) is 0 Å². The van der Waals surface area contributed by atoms with E-state index in [1.165, 1.54) is 44.1 Å². The summed E-state index contributed by atoms with van der Waals surface area (Å²) in [7, 11) is 0. The molecule has 0 spiro atoms. The predicted octanol–water partition coefficient (Wildman–Crippen LogP) is 6.47. The Morgan fingerprint density at radius 3 is 2.55 bits per heavy atom. The largest absolute Gasteiger partial charge is 0.246 e. The molecule has 1 rings (SSSR count). The number of alkyl halides is 1. The summed E-state index contributed by atoms with van der Waals surface area (Å²) in [6.07, 6.45) is 20.3. The van der Waals surface area contributed by atoms with Crippen molar-refractivity contribution in [2.75, 3.05) is 6.67 Å². The Morgan fingerprint density at radius 2 is 1.85 bits per heavy atom. The lowest BCUT2D eigenvalue weighted by atomic mass is 9.95. The first-order valence-corrected chi connectivity index (χ1v) is 8.04. The van der Waals surface area contributed by atoms with Gasteiger partial charge >= 0.3 is 0 Å². The number of allylic oxidation sites excluding steroid dienone is 8. The van der Waals surface area contributed by atoms with Crippen LogP contribution >= 0.6 is 0 Å². The molecule has 0 aromatic heterocycles. The second-order valence-electron chi connectivity index (χ2n) is 5.58. The average Bonchev–Trinajstić information content (AvgIpc) is 2.42. The molecule has 0 saturated heterocycles. The smallest absolute Gasteiger partial charge is 0.115 e. The standard InChI is InChI=1S/C19H29F/c1-3-13-17(2)19(16-20)18-14-11-9-7-5-4-6-8-10-12-15-18/h3,9,11,13-14H,4-8,10,12,15-16H2,1-2H3/b11-9+,13-3-,18-14+,19-17+. The molecule has 112 valence electrons. The lowest BCUT2D eigenvalue weighted by Crippen LogP contribution is -1.97. The summed E-state index contributed by atoms with van der Waals surface area (Å²) >= 11 is 0. The van der Waals surface area contributed by atoms with Gasteiger partial charge in [0, 0.05) is 0 Å². The maximum Gasteiger partial charge on any atom is 0.115 e. The van der Waals surface area contributed by atoms with Crippen LogP contribution in [0.25, 0.3) is 0 Å². The van der Waals surface area contributed by atoms with Crippen LogP contribution in [0.2, 0.25) is 0 Å². The molecule has 0 aromatic carbocycles. The molecule has 0 N–H and O–H groups in total. The van der Waals surface area contributed by atoms with E-state index in [9.17, 15) is 4.39 Å². The highest BCUT2D eigenvalue weighted by Gasteiger charge is 2.07. The van der Waals surface area contributed by atoms with Gasteiger partial charge in [-0.3, -0.25) is 0 Å². The van der Waals surface area contributed by atoms with Gasteiger partial charge in [-0.25, -0.2) is 4.39 Å². The third-order valence-corrected chi connectivity index (χ3v) is 3.91. The molecule has 0 nitrogen and oxygen atoms in total. The van der Waals surface area contributed by atoms with Crippen LogP contribution in [0.4, 0.5) is 4.39 Å². The minimum atomic E-state index is -0.365. The first-order chi connectivity index (χ1) is 9.79. The SMILES string of the molecule is C\C=C/C(C)=C(CF)/C1=C/C=C/CCCCCCCC1. The predicted molar refractivity (Wildman–Crippen MR) is 87.6 cm³/mol. The number of halogens is 1. The van der Waals surface area contributed by atoms with Crippen molar-refractivity contribution in [3.8, 4) is 0 Å². The fourth-order valence-corrected chi connectivity index (χ4v) is 2.70.